The number of fused-ring (bicyclic) bond motifs is 2. The minimum Gasteiger partial charge on any atom is -0.308 e. The Morgan fingerprint density at radius 1 is 0.500 bits per heavy atom. The third-order valence-electron chi connectivity index (χ3n) is 6.56. The van der Waals surface area contributed by atoms with Crippen molar-refractivity contribution in [2.75, 3.05) is 0 Å². The van der Waals surface area contributed by atoms with Crippen molar-refractivity contribution in [2.24, 2.45) is 0 Å². The zero-order chi connectivity index (χ0) is 17.6. The molecule has 144 valence electrons. The lowest BCUT2D eigenvalue weighted by Gasteiger charge is -2.29. The van der Waals surface area contributed by atoms with Gasteiger partial charge in [-0.3, -0.25) is 9.97 Å². The van der Waals surface area contributed by atoms with Gasteiger partial charge in [0.1, 0.15) is 0 Å². The van der Waals surface area contributed by atoms with Crippen LogP contribution in [0.3, 0.4) is 0 Å². The average molecular weight is 357 g/mol. The van der Waals surface area contributed by atoms with Crippen LogP contribution in [0.5, 0.6) is 0 Å². The molecular formula is C22H36N4. The summed E-state index contributed by atoms with van der Waals surface area (Å²) >= 11 is 0. The fourth-order valence-corrected chi connectivity index (χ4v) is 4.89. The first kappa shape index (κ1) is 18.4. The molecule has 0 unspecified atom stereocenters. The van der Waals surface area contributed by atoms with Gasteiger partial charge in [0.15, 0.2) is 0 Å². The largest absolute Gasteiger partial charge is 0.308 e. The molecule has 2 atom stereocenters. The topological polar surface area (TPSA) is 49.8 Å². The van der Waals surface area contributed by atoms with E-state index in [2.05, 4.69) is 10.6 Å². The quantitative estimate of drug-likeness (QED) is 0.731. The summed E-state index contributed by atoms with van der Waals surface area (Å²) in [5.41, 5.74) is 4.97. The second-order valence-electron chi connectivity index (χ2n) is 8.69. The van der Waals surface area contributed by atoms with E-state index in [0.29, 0.717) is 12.1 Å². The Morgan fingerprint density at radius 3 is 1.31 bits per heavy atom. The zero-order valence-electron chi connectivity index (χ0n) is 16.4. The predicted molar refractivity (Wildman–Crippen MR) is 106 cm³/mol. The van der Waals surface area contributed by atoms with E-state index in [4.69, 9.17) is 9.97 Å². The van der Waals surface area contributed by atoms with Crippen LogP contribution in [0.15, 0.2) is 0 Å². The van der Waals surface area contributed by atoms with Crippen LogP contribution in [0.1, 0.15) is 99.8 Å². The van der Waals surface area contributed by atoms with Crippen LogP contribution < -0.4 is 10.6 Å². The second kappa shape index (κ2) is 9.27. The summed E-state index contributed by atoms with van der Waals surface area (Å²) in [6, 6.07) is 1.20. The molecule has 2 N–H and O–H groups in total. The summed E-state index contributed by atoms with van der Waals surface area (Å²) < 4.78 is 0. The van der Waals surface area contributed by atoms with Crippen molar-refractivity contribution < 1.29 is 0 Å². The summed E-state index contributed by atoms with van der Waals surface area (Å²) in [5, 5.41) is 7.44. The minimum atomic E-state index is 0.602. The van der Waals surface area contributed by atoms with Gasteiger partial charge in [0.05, 0.1) is 22.8 Å². The second-order valence-corrected chi connectivity index (χ2v) is 8.69. The standard InChI is InChI=1S/C22H36N4/c1-2-4-6-8-10-12-18-14-20-22(16-24-18)25-19-13-17(11-9-7-5-3-1)23-15-21(19)26-20/h17-18,23-24H,1-16H2/t17-,18-/m1/s1. The SMILES string of the molecule is C1CCCCCC[C@@H]2Cc3nc4c(nc3CN2)C[C@@H](CCCCC1)NC4. The number of nitrogens with one attached hydrogen (secondary N) is 2. The normalized spacial score (nSPS) is 28.3. The molecule has 0 radical (unpaired) electrons. The molecule has 1 aromatic heterocycles. The highest BCUT2D eigenvalue weighted by molar-refractivity contribution is 5.25. The molecule has 6 aliphatic rings. The first-order chi connectivity index (χ1) is 12.9. The summed E-state index contributed by atoms with van der Waals surface area (Å²) in [4.78, 5) is 10.1. The van der Waals surface area contributed by atoms with Crippen LogP contribution in [0.25, 0.3) is 0 Å². The molecule has 4 heteroatoms. The molecule has 0 aliphatic carbocycles. The van der Waals surface area contributed by atoms with Crippen molar-refractivity contribution in [1.29, 1.82) is 0 Å². The number of aromatic nitrogens is 2. The average Bonchev–Trinajstić information content (AvgIpc) is 2.66. The molecule has 0 amide bonds. The van der Waals surface area contributed by atoms with E-state index in [1.54, 1.807) is 0 Å². The van der Waals surface area contributed by atoms with Crippen LogP contribution in [-0.4, -0.2) is 22.1 Å². The lowest BCUT2D eigenvalue weighted by Crippen LogP contribution is -2.40. The maximum Gasteiger partial charge on any atom is 0.0760 e. The molecule has 0 saturated heterocycles. The Morgan fingerprint density at radius 2 is 0.885 bits per heavy atom. The van der Waals surface area contributed by atoms with Gasteiger partial charge in [0.25, 0.3) is 0 Å². The van der Waals surface area contributed by atoms with E-state index in [0.717, 1.165) is 25.9 Å². The molecule has 7 heterocycles. The maximum atomic E-state index is 5.04. The van der Waals surface area contributed by atoms with Gasteiger partial charge in [0.2, 0.25) is 0 Å². The Hall–Kier alpha value is -1.00. The number of nitrogens with zero attached hydrogens (tertiary/aromatic N) is 2. The lowest BCUT2D eigenvalue weighted by atomic mass is 9.95. The van der Waals surface area contributed by atoms with Gasteiger partial charge in [0, 0.05) is 38.0 Å². The van der Waals surface area contributed by atoms with E-state index in [1.165, 1.54) is 99.8 Å². The van der Waals surface area contributed by atoms with Crippen LogP contribution >= 0.6 is 0 Å². The van der Waals surface area contributed by atoms with Crippen molar-refractivity contribution in [3.63, 3.8) is 0 Å². The van der Waals surface area contributed by atoms with Gasteiger partial charge in [-0.05, 0) is 12.8 Å². The van der Waals surface area contributed by atoms with Gasteiger partial charge in [-0.15, -0.1) is 0 Å². The first-order valence-electron chi connectivity index (χ1n) is 11.2. The van der Waals surface area contributed by atoms with Crippen molar-refractivity contribution >= 4 is 0 Å². The van der Waals surface area contributed by atoms with Gasteiger partial charge >= 0.3 is 0 Å². The highest BCUT2D eigenvalue weighted by atomic mass is 15.0. The van der Waals surface area contributed by atoms with Gasteiger partial charge in [-0.1, -0.05) is 64.2 Å². The Labute approximate surface area is 159 Å². The van der Waals surface area contributed by atoms with Crippen molar-refractivity contribution in [2.45, 2.75) is 115 Å². The van der Waals surface area contributed by atoms with Gasteiger partial charge < -0.3 is 10.6 Å². The van der Waals surface area contributed by atoms with E-state index >= 15 is 0 Å². The lowest BCUT2D eigenvalue weighted by molar-refractivity contribution is 0.396. The number of hydrogen-bond acceptors (Lipinski definition) is 4. The molecule has 6 bridgehead atoms. The molecule has 0 spiro atoms. The van der Waals surface area contributed by atoms with E-state index in [9.17, 15) is 0 Å². The fourth-order valence-electron chi connectivity index (χ4n) is 4.89. The summed E-state index contributed by atoms with van der Waals surface area (Å²) in [6.45, 7) is 1.83. The molecule has 4 nitrogen and oxygen atoms in total. The smallest absolute Gasteiger partial charge is 0.0760 e. The minimum absolute atomic E-state index is 0.602. The molecule has 26 heavy (non-hydrogen) atoms. The predicted octanol–water partition coefficient (Wildman–Crippen LogP) is 4.20. The van der Waals surface area contributed by atoms with Crippen molar-refractivity contribution in [3.8, 4) is 0 Å². The van der Waals surface area contributed by atoms with Gasteiger partial charge in [-0.2, -0.15) is 0 Å². The Bertz CT molecular complexity index is 534. The highest BCUT2D eigenvalue weighted by Gasteiger charge is 2.25. The fraction of sp³-hybridized carbons (Fsp3) is 0.818. The molecule has 6 aliphatic heterocycles. The molecule has 1 aromatic rings. The maximum absolute atomic E-state index is 5.04. The monoisotopic (exact) mass is 356 g/mol. The molecule has 0 saturated carbocycles. The molecule has 0 aromatic carbocycles. The summed E-state index contributed by atoms with van der Waals surface area (Å²) in [6.07, 6.45) is 18.8. The number of rotatable bonds is 0. The molecular weight excluding hydrogens is 320 g/mol. The molecule has 7 rings (SSSR count). The zero-order valence-corrected chi connectivity index (χ0v) is 16.4. The molecule has 0 fully saturated rings. The summed E-state index contributed by atoms with van der Waals surface area (Å²) in [7, 11) is 0. The van der Waals surface area contributed by atoms with E-state index < -0.39 is 0 Å². The first-order valence-corrected chi connectivity index (χ1v) is 11.2. The van der Waals surface area contributed by atoms with Crippen LogP contribution in [0, 0.1) is 0 Å². The van der Waals surface area contributed by atoms with Crippen molar-refractivity contribution in [1.82, 2.24) is 20.6 Å². The third kappa shape index (κ3) is 4.83. The van der Waals surface area contributed by atoms with E-state index in [1.807, 2.05) is 0 Å². The van der Waals surface area contributed by atoms with Crippen molar-refractivity contribution in [3.05, 3.63) is 22.8 Å². The van der Waals surface area contributed by atoms with E-state index in [-0.39, 0.29) is 0 Å². The summed E-state index contributed by atoms with van der Waals surface area (Å²) in [5.74, 6) is 0. The van der Waals surface area contributed by atoms with Crippen LogP contribution in [0.2, 0.25) is 0 Å². The van der Waals surface area contributed by atoms with Crippen LogP contribution in [-0.2, 0) is 25.9 Å². The van der Waals surface area contributed by atoms with Gasteiger partial charge in [-0.25, -0.2) is 0 Å². The Balaban J connectivity index is 1.43. The number of hydrogen-bond donors (Lipinski definition) is 2. The highest BCUT2D eigenvalue weighted by Crippen LogP contribution is 2.23. The van der Waals surface area contributed by atoms with Crippen LogP contribution in [0.4, 0.5) is 0 Å². The Kier molecular flexibility index (Phi) is 6.55. The third-order valence-corrected chi connectivity index (χ3v) is 6.56.